The molecule has 216 valence electrons. The Kier molecular flexibility index (Phi) is 7.82. The third-order valence-electron chi connectivity index (χ3n) is 7.77. The van der Waals surface area contributed by atoms with Crippen LogP contribution in [0.1, 0.15) is 54.5 Å². The van der Waals surface area contributed by atoms with E-state index in [0.29, 0.717) is 23.7 Å². The Morgan fingerprint density at radius 1 is 1.17 bits per heavy atom. The normalized spacial score (nSPS) is 22.0. The van der Waals surface area contributed by atoms with Gasteiger partial charge in [-0.2, -0.15) is 0 Å². The summed E-state index contributed by atoms with van der Waals surface area (Å²) in [6, 6.07) is 15.6. The molecule has 1 spiro atoms. The Hall–Kier alpha value is -2.79. The maximum absolute atomic E-state index is 14.7. The number of benzene rings is 3. The minimum atomic E-state index is -3.79. The number of fused-ring (bicyclic) bond motifs is 2. The van der Waals surface area contributed by atoms with Crippen LogP contribution in [0.2, 0.25) is 5.02 Å². The molecule has 3 atom stereocenters. The fourth-order valence-corrected chi connectivity index (χ4v) is 7.04. The van der Waals surface area contributed by atoms with Gasteiger partial charge in [0.15, 0.2) is 5.60 Å². The van der Waals surface area contributed by atoms with E-state index in [2.05, 4.69) is 21.2 Å². The standard InChI is InChI=1S/C30H30BrClFN3O4S/c1-17-5-8-20(33)15-21(17)27-30(16-35-25-14-19(32)7-9-24(25)30)23(11-12-34-27)22-13-18(31)6-10-26(22)40-29(2,3)28(37)36-41(4,38)39/h5-10,13-16,23,27,34H,11-12H2,1-4H3,(H,36,37)/t23-,27-,30+/m0/s1. The Balaban J connectivity index is 1.69. The molecule has 0 saturated carbocycles. The van der Waals surface area contributed by atoms with Gasteiger partial charge in [-0.25, -0.2) is 17.5 Å². The van der Waals surface area contributed by atoms with Gasteiger partial charge in [-0.15, -0.1) is 0 Å². The monoisotopic (exact) mass is 661 g/mol. The summed E-state index contributed by atoms with van der Waals surface area (Å²) < 4.78 is 47.3. The minimum absolute atomic E-state index is 0.233. The molecule has 3 aromatic carbocycles. The third-order valence-corrected chi connectivity index (χ3v) is 9.05. The smallest absolute Gasteiger partial charge is 0.277 e. The highest BCUT2D eigenvalue weighted by atomic mass is 79.9. The number of rotatable bonds is 6. The quantitative estimate of drug-likeness (QED) is 0.325. The second-order valence-electron chi connectivity index (χ2n) is 11.1. The average Bonchev–Trinajstić information content (AvgIpc) is 3.24. The first-order valence-electron chi connectivity index (χ1n) is 13.1. The zero-order valence-electron chi connectivity index (χ0n) is 23.0. The molecule has 3 aromatic rings. The van der Waals surface area contributed by atoms with Crippen LogP contribution < -0.4 is 14.8 Å². The first kappa shape index (κ1) is 29.7. The van der Waals surface area contributed by atoms with Crippen molar-refractivity contribution in [3.05, 3.63) is 92.2 Å². The van der Waals surface area contributed by atoms with Crippen molar-refractivity contribution in [2.45, 2.75) is 50.2 Å². The van der Waals surface area contributed by atoms with Crippen LogP contribution in [0.25, 0.3) is 0 Å². The van der Waals surface area contributed by atoms with Crippen LogP contribution >= 0.6 is 27.5 Å². The van der Waals surface area contributed by atoms with Crippen LogP contribution in [-0.4, -0.2) is 38.9 Å². The summed E-state index contributed by atoms with van der Waals surface area (Å²) in [7, 11) is -3.79. The van der Waals surface area contributed by atoms with E-state index >= 15 is 0 Å². The first-order chi connectivity index (χ1) is 19.2. The summed E-state index contributed by atoms with van der Waals surface area (Å²) in [5.41, 5.74) is 1.94. The van der Waals surface area contributed by atoms with Crippen LogP contribution in [0.15, 0.2) is 64.1 Å². The number of aliphatic imine (C=N–C) groups is 1. The van der Waals surface area contributed by atoms with E-state index in [4.69, 9.17) is 21.3 Å². The predicted molar refractivity (Wildman–Crippen MR) is 162 cm³/mol. The molecule has 7 nitrogen and oxygen atoms in total. The number of halogens is 3. The van der Waals surface area contributed by atoms with Gasteiger partial charge >= 0.3 is 0 Å². The van der Waals surface area contributed by atoms with E-state index in [1.807, 2.05) is 48.2 Å². The fourth-order valence-electron chi connectivity index (χ4n) is 5.91. The van der Waals surface area contributed by atoms with Gasteiger partial charge in [0, 0.05) is 27.7 Å². The van der Waals surface area contributed by atoms with Crippen molar-refractivity contribution in [1.82, 2.24) is 10.0 Å². The summed E-state index contributed by atoms with van der Waals surface area (Å²) in [5, 5.41) is 4.20. The van der Waals surface area contributed by atoms with Gasteiger partial charge in [-0.05, 0) is 98.5 Å². The number of ether oxygens (including phenoxy) is 1. The van der Waals surface area contributed by atoms with Crippen molar-refractivity contribution >= 4 is 55.4 Å². The largest absolute Gasteiger partial charge is 0.478 e. The molecular formula is C30H30BrClFN3O4S. The number of nitrogens with one attached hydrogen (secondary N) is 2. The molecule has 2 aliphatic rings. The Morgan fingerprint density at radius 3 is 2.66 bits per heavy atom. The maximum atomic E-state index is 14.7. The molecular weight excluding hydrogens is 633 g/mol. The van der Waals surface area contributed by atoms with Gasteiger partial charge < -0.3 is 10.1 Å². The molecule has 11 heteroatoms. The first-order valence-corrected chi connectivity index (χ1v) is 16.1. The van der Waals surface area contributed by atoms with Crippen molar-refractivity contribution in [2.24, 2.45) is 4.99 Å². The SMILES string of the molecule is Cc1ccc(F)cc1[C@@H]1NCC[C@@H](c2cc(Br)ccc2OC(C)(C)C(=O)NS(C)(=O)=O)[C@@]12C=Nc1cc(Cl)ccc12. The van der Waals surface area contributed by atoms with Crippen molar-refractivity contribution in [1.29, 1.82) is 0 Å². The van der Waals surface area contributed by atoms with Crippen LogP contribution in [0.5, 0.6) is 5.75 Å². The molecule has 0 aromatic heterocycles. The number of amides is 1. The summed E-state index contributed by atoms with van der Waals surface area (Å²) in [5.74, 6) is -0.923. The second-order valence-corrected chi connectivity index (χ2v) is 14.2. The molecule has 0 bridgehead atoms. The Morgan fingerprint density at radius 2 is 1.93 bits per heavy atom. The van der Waals surface area contributed by atoms with Crippen LogP contribution in [-0.2, 0) is 20.2 Å². The van der Waals surface area contributed by atoms with E-state index in [1.54, 1.807) is 18.2 Å². The minimum Gasteiger partial charge on any atom is -0.478 e. The molecule has 1 saturated heterocycles. The molecule has 1 amide bonds. The summed E-state index contributed by atoms with van der Waals surface area (Å²) in [4.78, 5) is 17.7. The molecule has 41 heavy (non-hydrogen) atoms. The Bertz CT molecular complexity index is 1680. The van der Waals surface area contributed by atoms with Gasteiger partial charge in [0.1, 0.15) is 11.6 Å². The van der Waals surface area contributed by atoms with E-state index in [9.17, 15) is 17.6 Å². The molecule has 0 radical (unpaired) electrons. The summed E-state index contributed by atoms with van der Waals surface area (Å²) in [6.07, 6.45) is 3.51. The van der Waals surface area contributed by atoms with Crippen molar-refractivity contribution in [3.63, 3.8) is 0 Å². The third kappa shape index (κ3) is 5.67. The number of hydrogen-bond donors (Lipinski definition) is 2. The van der Waals surface area contributed by atoms with E-state index in [0.717, 1.165) is 38.7 Å². The second kappa shape index (κ2) is 10.8. The molecule has 5 rings (SSSR count). The highest BCUT2D eigenvalue weighted by molar-refractivity contribution is 9.10. The lowest BCUT2D eigenvalue weighted by Gasteiger charge is -2.48. The number of nitrogens with zero attached hydrogens (tertiary/aromatic N) is 1. The van der Waals surface area contributed by atoms with Crippen molar-refractivity contribution in [2.75, 3.05) is 12.8 Å². The van der Waals surface area contributed by atoms with Gasteiger partial charge in [0.05, 0.1) is 17.4 Å². The van der Waals surface area contributed by atoms with Crippen molar-refractivity contribution < 1.29 is 22.3 Å². The zero-order chi connectivity index (χ0) is 29.7. The zero-order valence-corrected chi connectivity index (χ0v) is 26.1. The molecule has 0 unspecified atom stereocenters. The van der Waals surface area contributed by atoms with E-state index < -0.39 is 26.9 Å². The molecule has 1 fully saturated rings. The highest BCUT2D eigenvalue weighted by Gasteiger charge is 2.53. The van der Waals surface area contributed by atoms with E-state index in [1.165, 1.54) is 19.9 Å². The van der Waals surface area contributed by atoms with Crippen molar-refractivity contribution in [3.8, 4) is 5.75 Å². The molecule has 2 N–H and O–H groups in total. The number of carbonyl (C=O) groups excluding carboxylic acids is 1. The molecule has 2 aliphatic heterocycles. The van der Waals surface area contributed by atoms with Gasteiger partial charge in [0.2, 0.25) is 10.0 Å². The highest BCUT2D eigenvalue weighted by Crippen LogP contribution is 2.58. The maximum Gasteiger partial charge on any atom is 0.277 e. The summed E-state index contributed by atoms with van der Waals surface area (Å²) >= 11 is 9.95. The number of carbonyl (C=O) groups is 1. The molecule has 0 aliphatic carbocycles. The number of sulfonamides is 1. The summed E-state index contributed by atoms with van der Waals surface area (Å²) in [6.45, 7) is 5.61. The van der Waals surface area contributed by atoms with Gasteiger partial charge in [-0.3, -0.25) is 9.79 Å². The number of hydrogen-bond acceptors (Lipinski definition) is 6. The average molecular weight is 663 g/mol. The van der Waals surface area contributed by atoms with E-state index in [-0.39, 0.29) is 17.8 Å². The van der Waals surface area contributed by atoms with Gasteiger partial charge in [0.25, 0.3) is 5.91 Å². The topological polar surface area (TPSA) is 96.9 Å². The van der Waals surface area contributed by atoms with Crippen LogP contribution in [0.4, 0.5) is 10.1 Å². The fraction of sp³-hybridized carbons (Fsp3) is 0.333. The Labute approximate surface area is 252 Å². The number of piperidine rings is 1. The van der Waals surface area contributed by atoms with Crippen LogP contribution in [0, 0.1) is 12.7 Å². The molecule has 2 heterocycles. The lowest BCUT2D eigenvalue weighted by atomic mass is 9.59. The number of aryl methyl sites for hydroxylation is 1. The predicted octanol–water partition coefficient (Wildman–Crippen LogP) is 6.26. The van der Waals surface area contributed by atoms with Gasteiger partial charge in [-0.1, -0.05) is 39.7 Å². The van der Waals surface area contributed by atoms with Crippen LogP contribution in [0.3, 0.4) is 0 Å². The lowest BCUT2D eigenvalue weighted by Crippen LogP contribution is -2.52. The lowest BCUT2D eigenvalue weighted by molar-refractivity contribution is -0.132.